The minimum Gasteiger partial charge on any atom is -0.355 e. The van der Waals surface area contributed by atoms with E-state index in [1.807, 2.05) is 0 Å². The molecule has 0 saturated heterocycles. The molecule has 0 saturated carbocycles. The molecule has 4 rings (SSSR count). The highest BCUT2D eigenvalue weighted by atomic mass is 19.4. The van der Waals surface area contributed by atoms with Crippen LogP contribution in [0.2, 0.25) is 0 Å². The van der Waals surface area contributed by atoms with E-state index in [9.17, 15) is 31.1 Å². The summed E-state index contributed by atoms with van der Waals surface area (Å²) in [5.41, 5.74) is -1.29. The summed E-state index contributed by atoms with van der Waals surface area (Å²) in [5.74, 6) is -0.162. The van der Waals surface area contributed by atoms with E-state index in [0.29, 0.717) is 29.4 Å². The number of anilines is 2. The first-order valence-corrected chi connectivity index (χ1v) is 8.68. The van der Waals surface area contributed by atoms with Gasteiger partial charge in [-0.05, 0) is 42.0 Å². The molecule has 0 fully saturated rings. The van der Waals surface area contributed by atoms with Gasteiger partial charge in [0.25, 0.3) is 5.91 Å². The maximum absolute atomic E-state index is 13.3. The second kappa shape index (κ2) is 6.61. The highest BCUT2D eigenvalue weighted by Crippen LogP contribution is 2.37. The van der Waals surface area contributed by atoms with Gasteiger partial charge in [0.2, 0.25) is 0 Å². The van der Waals surface area contributed by atoms with E-state index in [-0.39, 0.29) is 17.0 Å². The van der Waals surface area contributed by atoms with Gasteiger partial charge in [-0.15, -0.1) is 0 Å². The number of aromatic nitrogens is 1. The fraction of sp³-hybridized carbons (Fsp3) is 0.200. The average Bonchev–Trinajstić information content (AvgIpc) is 2.93. The molecule has 1 N–H and O–H groups in total. The standard InChI is InChI=1S/C20H13F6N3O/c1-29-9-10-6-12(3-5-13(10)18(29)30)27-16-8-17(20(24,25)26)28-15-7-11(19(21,22)23)2-4-14(15)16/h2-8H,9H2,1H3,(H,27,28). The Bertz CT molecular complexity index is 1160. The molecular weight excluding hydrogens is 412 g/mol. The third-order valence-corrected chi connectivity index (χ3v) is 4.80. The second-order valence-corrected chi connectivity index (χ2v) is 6.94. The van der Waals surface area contributed by atoms with Crippen molar-refractivity contribution < 1.29 is 31.1 Å². The van der Waals surface area contributed by atoms with Gasteiger partial charge >= 0.3 is 12.4 Å². The number of rotatable bonds is 2. The van der Waals surface area contributed by atoms with Gasteiger partial charge in [0.15, 0.2) is 0 Å². The Balaban J connectivity index is 1.82. The van der Waals surface area contributed by atoms with Gasteiger partial charge in [-0.25, -0.2) is 4.98 Å². The number of hydrogen-bond acceptors (Lipinski definition) is 3. The van der Waals surface area contributed by atoms with Crippen LogP contribution in [0.25, 0.3) is 10.9 Å². The zero-order valence-corrected chi connectivity index (χ0v) is 15.3. The van der Waals surface area contributed by atoms with Crippen LogP contribution in [0.3, 0.4) is 0 Å². The quantitative estimate of drug-likeness (QED) is 0.544. The van der Waals surface area contributed by atoms with Gasteiger partial charge in [-0.1, -0.05) is 6.07 Å². The molecule has 0 aliphatic carbocycles. The Labute approximate surface area is 166 Å². The van der Waals surface area contributed by atoms with E-state index >= 15 is 0 Å². The summed E-state index contributed by atoms with van der Waals surface area (Å²) in [4.78, 5) is 16.9. The summed E-state index contributed by atoms with van der Waals surface area (Å²) in [6.07, 6.45) is -9.55. The second-order valence-electron chi connectivity index (χ2n) is 6.94. The highest BCUT2D eigenvalue weighted by Gasteiger charge is 2.35. The van der Waals surface area contributed by atoms with Gasteiger partial charge in [0, 0.05) is 30.2 Å². The molecule has 156 valence electrons. The molecule has 0 unspecified atom stereocenters. The van der Waals surface area contributed by atoms with Crippen LogP contribution in [0.4, 0.5) is 37.7 Å². The molecule has 0 radical (unpaired) electrons. The van der Waals surface area contributed by atoms with Crippen LogP contribution in [-0.4, -0.2) is 22.8 Å². The third-order valence-electron chi connectivity index (χ3n) is 4.80. The van der Waals surface area contributed by atoms with Crippen molar-refractivity contribution in [2.45, 2.75) is 18.9 Å². The summed E-state index contributed by atoms with van der Waals surface area (Å²) >= 11 is 0. The third kappa shape index (κ3) is 3.53. The number of fused-ring (bicyclic) bond motifs is 2. The van der Waals surface area contributed by atoms with Crippen LogP contribution in [0.1, 0.15) is 27.2 Å². The minimum absolute atomic E-state index is 0.0429. The Morgan fingerprint density at radius 3 is 2.37 bits per heavy atom. The zero-order valence-electron chi connectivity index (χ0n) is 15.3. The van der Waals surface area contributed by atoms with Crippen molar-refractivity contribution in [1.82, 2.24) is 9.88 Å². The molecular formula is C20H13F6N3O. The molecule has 0 atom stereocenters. The summed E-state index contributed by atoms with van der Waals surface area (Å²) in [6.45, 7) is 0.351. The van der Waals surface area contributed by atoms with E-state index < -0.39 is 29.1 Å². The Hall–Kier alpha value is -3.30. The number of alkyl halides is 6. The lowest BCUT2D eigenvalue weighted by Gasteiger charge is -2.15. The van der Waals surface area contributed by atoms with Gasteiger partial charge in [-0.2, -0.15) is 26.3 Å². The predicted octanol–water partition coefficient (Wildman–Crippen LogP) is 5.60. The molecule has 30 heavy (non-hydrogen) atoms. The summed E-state index contributed by atoms with van der Waals surface area (Å²) < 4.78 is 78.8. The SMILES string of the molecule is CN1Cc2cc(Nc3cc(C(F)(F)F)nc4cc(C(F)(F)F)ccc34)ccc2C1=O. The van der Waals surface area contributed by atoms with Gasteiger partial charge < -0.3 is 10.2 Å². The number of amides is 1. The van der Waals surface area contributed by atoms with Gasteiger partial charge in [-0.3, -0.25) is 4.79 Å². The van der Waals surface area contributed by atoms with Crippen molar-refractivity contribution in [1.29, 1.82) is 0 Å². The number of carbonyl (C=O) groups is 1. The lowest BCUT2D eigenvalue weighted by atomic mass is 10.1. The number of nitrogens with one attached hydrogen (secondary N) is 1. The molecule has 10 heteroatoms. The van der Waals surface area contributed by atoms with Crippen molar-refractivity contribution in [2.24, 2.45) is 0 Å². The Morgan fingerprint density at radius 2 is 1.70 bits per heavy atom. The molecule has 1 amide bonds. The number of pyridine rings is 1. The smallest absolute Gasteiger partial charge is 0.355 e. The minimum atomic E-state index is -4.84. The number of nitrogens with zero attached hydrogens (tertiary/aromatic N) is 2. The van der Waals surface area contributed by atoms with Gasteiger partial charge in [0.1, 0.15) is 5.69 Å². The summed E-state index contributed by atoms with van der Waals surface area (Å²) in [7, 11) is 1.62. The lowest BCUT2D eigenvalue weighted by molar-refractivity contribution is -0.140. The normalized spacial score (nSPS) is 14.4. The molecule has 1 aliphatic rings. The van der Waals surface area contributed by atoms with Gasteiger partial charge in [0.05, 0.1) is 16.8 Å². The maximum Gasteiger partial charge on any atom is 0.433 e. The van der Waals surface area contributed by atoms with E-state index in [4.69, 9.17) is 0 Å². The van der Waals surface area contributed by atoms with E-state index in [1.165, 1.54) is 11.0 Å². The van der Waals surface area contributed by atoms with E-state index in [2.05, 4.69) is 10.3 Å². The van der Waals surface area contributed by atoms with Crippen LogP contribution in [-0.2, 0) is 18.9 Å². The molecule has 4 nitrogen and oxygen atoms in total. The van der Waals surface area contributed by atoms with Crippen LogP contribution in [0.15, 0.2) is 42.5 Å². The maximum atomic E-state index is 13.3. The molecule has 1 aromatic heterocycles. The van der Waals surface area contributed by atoms with Crippen molar-refractivity contribution in [2.75, 3.05) is 12.4 Å². The first kappa shape index (κ1) is 20.0. The molecule has 0 bridgehead atoms. The molecule has 0 spiro atoms. The Kier molecular flexibility index (Phi) is 4.41. The largest absolute Gasteiger partial charge is 0.433 e. The van der Waals surface area contributed by atoms with Crippen LogP contribution in [0, 0.1) is 0 Å². The molecule has 2 heterocycles. The lowest BCUT2D eigenvalue weighted by Crippen LogP contribution is -2.17. The molecule has 2 aromatic carbocycles. The van der Waals surface area contributed by atoms with Crippen LogP contribution >= 0.6 is 0 Å². The number of carbonyl (C=O) groups excluding carboxylic acids is 1. The van der Waals surface area contributed by atoms with Crippen molar-refractivity contribution >= 4 is 28.2 Å². The average molecular weight is 425 g/mol. The number of hydrogen-bond donors (Lipinski definition) is 1. The number of benzene rings is 2. The number of halogens is 6. The van der Waals surface area contributed by atoms with Crippen molar-refractivity contribution in [3.8, 4) is 0 Å². The zero-order chi connectivity index (χ0) is 21.8. The first-order chi connectivity index (χ1) is 13.9. The Morgan fingerprint density at radius 1 is 0.967 bits per heavy atom. The predicted molar refractivity (Wildman–Crippen MR) is 97.3 cm³/mol. The van der Waals surface area contributed by atoms with E-state index in [0.717, 1.165) is 18.2 Å². The highest BCUT2D eigenvalue weighted by molar-refractivity contribution is 5.99. The fourth-order valence-electron chi connectivity index (χ4n) is 3.35. The first-order valence-electron chi connectivity index (χ1n) is 8.68. The monoisotopic (exact) mass is 425 g/mol. The molecule has 1 aliphatic heterocycles. The topological polar surface area (TPSA) is 45.2 Å². The van der Waals surface area contributed by atoms with Crippen molar-refractivity contribution in [3.63, 3.8) is 0 Å². The summed E-state index contributed by atoms with van der Waals surface area (Å²) in [5, 5.41) is 2.93. The van der Waals surface area contributed by atoms with Crippen LogP contribution < -0.4 is 5.32 Å². The summed E-state index contributed by atoms with van der Waals surface area (Å²) in [6, 6.07) is 7.92. The fourth-order valence-corrected chi connectivity index (χ4v) is 3.35. The van der Waals surface area contributed by atoms with E-state index in [1.54, 1.807) is 19.2 Å². The van der Waals surface area contributed by atoms with Crippen LogP contribution in [0.5, 0.6) is 0 Å². The van der Waals surface area contributed by atoms with Crippen molar-refractivity contribution in [3.05, 3.63) is 64.8 Å². The molecule has 3 aromatic rings.